The minimum Gasteiger partial charge on any atom is -0.497 e. The first kappa shape index (κ1) is 22.3. The van der Waals surface area contributed by atoms with Gasteiger partial charge in [0.2, 0.25) is 0 Å². The molecule has 0 spiro atoms. The Morgan fingerprint density at radius 1 is 1.06 bits per heavy atom. The van der Waals surface area contributed by atoms with E-state index in [0.29, 0.717) is 24.4 Å². The maximum Gasteiger partial charge on any atom is 0.251 e. The van der Waals surface area contributed by atoms with Gasteiger partial charge in [0.15, 0.2) is 5.65 Å². The number of hydrogen-bond donors (Lipinski definition) is 2. The van der Waals surface area contributed by atoms with E-state index in [2.05, 4.69) is 29.6 Å². The molecule has 4 rings (SSSR count). The van der Waals surface area contributed by atoms with Crippen molar-refractivity contribution in [2.45, 2.75) is 26.2 Å². The second-order valence-electron chi connectivity index (χ2n) is 7.78. The third-order valence-corrected chi connectivity index (χ3v) is 5.55. The summed E-state index contributed by atoms with van der Waals surface area (Å²) in [6, 6.07) is 16.9. The molecule has 0 fully saturated rings. The number of anilines is 1. The number of carbonyl (C=O) groups excluding carboxylic acids is 1. The normalized spacial score (nSPS) is 11.8. The molecule has 0 radical (unpaired) electrons. The standard InChI is InChI=1S/C25H28N6O2/c1-4-17(2)22-29-23(21-16-28-31(24(21)30-22)19-8-6-5-7-9-19)26-14-15-27-25(32)18-10-12-20(33-3)13-11-18/h5-13,16-17H,4,14-15H2,1-3H3,(H,27,32)(H,26,29,30)/t17-/m0/s1. The van der Waals surface area contributed by atoms with Gasteiger partial charge in [0.1, 0.15) is 17.4 Å². The predicted octanol–water partition coefficient (Wildman–Crippen LogP) is 4.18. The summed E-state index contributed by atoms with van der Waals surface area (Å²) in [5, 5.41) is 11.7. The lowest BCUT2D eigenvalue weighted by atomic mass is 10.1. The summed E-state index contributed by atoms with van der Waals surface area (Å²) >= 11 is 0. The van der Waals surface area contributed by atoms with Crippen LogP contribution in [0.15, 0.2) is 60.8 Å². The van der Waals surface area contributed by atoms with Crippen LogP contribution in [-0.2, 0) is 0 Å². The average molecular weight is 445 g/mol. The highest BCUT2D eigenvalue weighted by Crippen LogP contribution is 2.26. The van der Waals surface area contributed by atoms with E-state index in [0.717, 1.165) is 34.8 Å². The molecule has 0 aliphatic carbocycles. The molecule has 2 aromatic carbocycles. The topological polar surface area (TPSA) is 94.0 Å². The zero-order chi connectivity index (χ0) is 23.2. The monoisotopic (exact) mass is 444 g/mol. The molecule has 2 N–H and O–H groups in total. The fourth-order valence-electron chi connectivity index (χ4n) is 3.42. The van der Waals surface area contributed by atoms with Crippen molar-refractivity contribution in [1.29, 1.82) is 0 Å². The van der Waals surface area contributed by atoms with E-state index in [1.54, 1.807) is 37.6 Å². The molecule has 2 heterocycles. The molecular weight excluding hydrogens is 416 g/mol. The van der Waals surface area contributed by atoms with Crippen molar-refractivity contribution >= 4 is 22.8 Å². The summed E-state index contributed by atoms with van der Waals surface area (Å²) in [6.45, 7) is 5.20. The highest BCUT2D eigenvalue weighted by Gasteiger charge is 2.16. The van der Waals surface area contributed by atoms with E-state index in [4.69, 9.17) is 14.7 Å². The van der Waals surface area contributed by atoms with Gasteiger partial charge in [0.05, 0.1) is 24.4 Å². The number of carbonyl (C=O) groups is 1. The van der Waals surface area contributed by atoms with Crippen molar-refractivity contribution in [3.63, 3.8) is 0 Å². The van der Waals surface area contributed by atoms with Crippen LogP contribution in [0.3, 0.4) is 0 Å². The van der Waals surface area contributed by atoms with Gasteiger partial charge in [-0.2, -0.15) is 5.10 Å². The number of methoxy groups -OCH3 is 1. The van der Waals surface area contributed by atoms with Gasteiger partial charge >= 0.3 is 0 Å². The molecule has 0 saturated heterocycles. The molecule has 0 saturated carbocycles. The number of para-hydroxylation sites is 1. The lowest BCUT2D eigenvalue weighted by Gasteiger charge is -2.13. The lowest BCUT2D eigenvalue weighted by Crippen LogP contribution is -2.29. The third kappa shape index (κ3) is 4.95. The van der Waals surface area contributed by atoms with Gasteiger partial charge in [0, 0.05) is 24.6 Å². The number of nitrogens with one attached hydrogen (secondary N) is 2. The Labute approximate surface area is 193 Å². The maximum atomic E-state index is 12.4. The van der Waals surface area contributed by atoms with Gasteiger partial charge < -0.3 is 15.4 Å². The van der Waals surface area contributed by atoms with Crippen LogP contribution in [0.4, 0.5) is 5.82 Å². The number of ether oxygens (including phenoxy) is 1. The summed E-state index contributed by atoms with van der Waals surface area (Å²) < 4.78 is 6.97. The second-order valence-corrected chi connectivity index (χ2v) is 7.78. The summed E-state index contributed by atoms with van der Waals surface area (Å²) in [6.07, 6.45) is 2.71. The summed E-state index contributed by atoms with van der Waals surface area (Å²) in [7, 11) is 1.60. The molecule has 8 heteroatoms. The van der Waals surface area contributed by atoms with Gasteiger partial charge in [-0.1, -0.05) is 32.0 Å². The second kappa shape index (κ2) is 10.1. The molecule has 8 nitrogen and oxygen atoms in total. The van der Waals surface area contributed by atoms with Gasteiger partial charge in [-0.05, 0) is 42.8 Å². The number of hydrogen-bond acceptors (Lipinski definition) is 6. The van der Waals surface area contributed by atoms with Crippen molar-refractivity contribution in [2.24, 2.45) is 0 Å². The number of nitrogens with zero attached hydrogens (tertiary/aromatic N) is 4. The molecule has 0 aliphatic heterocycles. The highest BCUT2D eigenvalue weighted by atomic mass is 16.5. The Kier molecular flexibility index (Phi) is 6.83. The first-order valence-electron chi connectivity index (χ1n) is 11.1. The number of benzene rings is 2. The van der Waals surface area contributed by atoms with Crippen molar-refractivity contribution in [2.75, 3.05) is 25.5 Å². The van der Waals surface area contributed by atoms with Crippen LogP contribution in [0.5, 0.6) is 5.75 Å². The van der Waals surface area contributed by atoms with Crippen molar-refractivity contribution < 1.29 is 9.53 Å². The summed E-state index contributed by atoms with van der Waals surface area (Å²) in [4.78, 5) is 22.0. The summed E-state index contributed by atoms with van der Waals surface area (Å²) in [5.41, 5.74) is 2.29. The van der Waals surface area contributed by atoms with E-state index in [-0.39, 0.29) is 11.8 Å². The van der Waals surface area contributed by atoms with E-state index in [9.17, 15) is 4.79 Å². The predicted molar refractivity (Wildman–Crippen MR) is 129 cm³/mol. The van der Waals surface area contributed by atoms with E-state index in [1.807, 2.05) is 35.0 Å². The zero-order valence-electron chi connectivity index (χ0n) is 19.1. The van der Waals surface area contributed by atoms with Crippen LogP contribution >= 0.6 is 0 Å². The third-order valence-electron chi connectivity index (χ3n) is 5.55. The Hall–Kier alpha value is -3.94. The average Bonchev–Trinajstić information content (AvgIpc) is 3.30. The molecule has 33 heavy (non-hydrogen) atoms. The minimum absolute atomic E-state index is 0.135. The number of aromatic nitrogens is 4. The molecule has 0 bridgehead atoms. The quantitative estimate of drug-likeness (QED) is 0.376. The Balaban J connectivity index is 1.50. The van der Waals surface area contributed by atoms with Gasteiger partial charge in [-0.25, -0.2) is 14.6 Å². The molecule has 0 unspecified atom stereocenters. The molecule has 1 atom stereocenters. The smallest absolute Gasteiger partial charge is 0.251 e. The molecule has 4 aromatic rings. The number of amides is 1. The zero-order valence-corrected chi connectivity index (χ0v) is 19.1. The fourth-order valence-corrected chi connectivity index (χ4v) is 3.42. The SMILES string of the molecule is CC[C@H](C)c1nc(NCCNC(=O)c2ccc(OC)cc2)c2cnn(-c3ccccc3)c2n1. The van der Waals surface area contributed by atoms with Gasteiger partial charge in [-0.15, -0.1) is 0 Å². The maximum absolute atomic E-state index is 12.4. The van der Waals surface area contributed by atoms with Crippen LogP contribution in [0.2, 0.25) is 0 Å². The number of rotatable bonds is 9. The Bertz CT molecular complexity index is 1220. The number of fused-ring (bicyclic) bond motifs is 1. The van der Waals surface area contributed by atoms with Gasteiger partial charge in [0.25, 0.3) is 5.91 Å². The Morgan fingerprint density at radius 2 is 1.82 bits per heavy atom. The van der Waals surface area contributed by atoms with Crippen molar-refractivity contribution in [1.82, 2.24) is 25.1 Å². The van der Waals surface area contributed by atoms with Crippen LogP contribution < -0.4 is 15.4 Å². The summed E-state index contributed by atoms with van der Waals surface area (Å²) in [5.74, 6) is 2.28. The minimum atomic E-state index is -0.135. The lowest BCUT2D eigenvalue weighted by molar-refractivity contribution is 0.0955. The first-order valence-corrected chi connectivity index (χ1v) is 11.1. The Morgan fingerprint density at radius 3 is 2.52 bits per heavy atom. The van der Waals surface area contributed by atoms with Crippen LogP contribution in [0.1, 0.15) is 42.4 Å². The van der Waals surface area contributed by atoms with Crippen LogP contribution in [0.25, 0.3) is 16.7 Å². The molecule has 2 aromatic heterocycles. The van der Waals surface area contributed by atoms with Crippen LogP contribution in [-0.4, -0.2) is 45.9 Å². The van der Waals surface area contributed by atoms with Crippen LogP contribution in [0, 0.1) is 0 Å². The fraction of sp³-hybridized carbons (Fsp3) is 0.280. The first-order chi connectivity index (χ1) is 16.1. The van der Waals surface area contributed by atoms with Crippen molar-refractivity contribution in [3.8, 4) is 11.4 Å². The van der Waals surface area contributed by atoms with E-state index in [1.165, 1.54) is 0 Å². The largest absolute Gasteiger partial charge is 0.497 e. The van der Waals surface area contributed by atoms with E-state index >= 15 is 0 Å². The molecular formula is C25H28N6O2. The molecule has 0 aliphatic rings. The van der Waals surface area contributed by atoms with E-state index < -0.39 is 0 Å². The molecule has 1 amide bonds. The highest BCUT2D eigenvalue weighted by molar-refractivity contribution is 5.94. The van der Waals surface area contributed by atoms with Crippen molar-refractivity contribution in [3.05, 3.63) is 72.2 Å². The molecule has 170 valence electrons. The van der Waals surface area contributed by atoms with Gasteiger partial charge in [-0.3, -0.25) is 4.79 Å².